The second kappa shape index (κ2) is 8.66. The van der Waals surface area contributed by atoms with Gasteiger partial charge in [-0.3, -0.25) is 14.9 Å². The molecular formula is C15H18F3N3O5S2. The van der Waals surface area contributed by atoms with Crippen LogP contribution in [0.5, 0.6) is 0 Å². The molecule has 1 aliphatic heterocycles. The highest BCUT2D eigenvalue weighted by Crippen LogP contribution is 2.36. The lowest BCUT2D eigenvalue weighted by atomic mass is 10.1. The standard InChI is InChI=1S/C15H18F3N3O5S2/c1-28(25,26)20-6-4-11(5-7-20)19-14(22)9-27-13-3-2-10(15(16,17)18)8-12(13)21(23)24/h2-3,8,11H,4-7,9H2,1H3,(H,19,22). The largest absolute Gasteiger partial charge is 0.416 e. The van der Waals surface area contributed by atoms with Crippen molar-refractivity contribution in [1.29, 1.82) is 0 Å². The van der Waals surface area contributed by atoms with Crippen LogP contribution in [0.2, 0.25) is 0 Å². The molecule has 0 saturated carbocycles. The number of hydrogen-bond donors (Lipinski definition) is 1. The third kappa shape index (κ3) is 6.07. The zero-order chi connectivity index (χ0) is 21.1. The van der Waals surface area contributed by atoms with Crippen molar-refractivity contribution >= 4 is 33.4 Å². The van der Waals surface area contributed by atoms with Crippen molar-refractivity contribution in [2.24, 2.45) is 0 Å². The Morgan fingerprint density at radius 3 is 2.46 bits per heavy atom. The first-order valence-electron chi connectivity index (χ1n) is 8.11. The fourth-order valence-corrected chi connectivity index (χ4v) is 4.39. The van der Waals surface area contributed by atoms with E-state index in [4.69, 9.17) is 0 Å². The zero-order valence-corrected chi connectivity index (χ0v) is 16.4. The van der Waals surface area contributed by atoms with E-state index in [-0.39, 0.29) is 29.8 Å². The zero-order valence-electron chi connectivity index (χ0n) is 14.7. The van der Waals surface area contributed by atoms with Gasteiger partial charge in [0.1, 0.15) is 0 Å². The summed E-state index contributed by atoms with van der Waals surface area (Å²) >= 11 is 0.769. The van der Waals surface area contributed by atoms with Gasteiger partial charge in [-0.05, 0) is 25.0 Å². The summed E-state index contributed by atoms with van der Waals surface area (Å²) in [6.45, 7) is 0.558. The number of rotatable bonds is 6. The van der Waals surface area contributed by atoms with E-state index >= 15 is 0 Å². The molecule has 1 N–H and O–H groups in total. The van der Waals surface area contributed by atoms with E-state index in [1.807, 2.05) is 0 Å². The van der Waals surface area contributed by atoms with Gasteiger partial charge in [-0.15, -0.1) is 11.8 Å². The van der Waals surface area contributed by atoms with Gasteiger partial charge in [0.05, 0.1) is 27.4 Å². The minimum atomic E-state index is -4.70. The quantitative estimate of drug-likeness (QED) is 0.412. The van der Waals surface area contributed by atoms with Gasteiger partial charge >= 0.3 is 6.18 Å². The molecule has 0 unspecified atom stereocenters. The van der Waals surface area contributed by atoms with Crippen LogP contribution >= 0.6 is 11.8 Å². The molecular weight excluding hydrogens is 423 g/mol. The minimum Gasteiger partial charge on any atom is -0.353 e. The number of benzene rings is 1. The Bertz CT molecular complexity index is 853. The molecule has 0 aromatic heterocycles. The first-order chi connectivity index (χ1) is 12.9. The molecule has 1 aliphatic rings. The fraction of sp³-hybridized carbons (Fsp3) is 0.533. The smallest absolute Gasteiger partial charge is 0.353 e. The van der Waals surface area contributed by atoms with Crippen molar-refractivity contribution in [3.05, 3.63) is 33.9 Å². The summed E-state index contributed by atoms with van der Waals surface area (Å²) in [6, 6.07) is 1.92. The number of carbonyl (C=O) groups is 1. The molecule has 0 spiro atoms. The fourth-order valence-electron chi connectivity index (χ4n) is 2.70. The molecule has 1 heterocycles. The molecule has 0 bridgehead atoms. The van der Waals surface area contributed by atoms with Crippen molar-refractivity contribution in [2.75, 3.05) is 25.1 Å². The van der Waals surface area contributed by atoms with Gasteiger partial charge in [0.2, 0.25) is 15.9 Å². The van der Waals surface area contributed by atoms with Crippen LogP contribution in [-0.2, 0) is 21.0 Å². The molecule has 8 nitrogen and oxygen atoms in total. The lowest BCUT2D eigenvalue weighted by Crippen LogP contribution is -2.46. The summed E-state index contributed by atoms with van der Waals surface area (Å²) in [5.74, 6) is -0.643. The first-order valence-corrected chi connectivity index (χ1v) is 10.9. The van der Waals surface area contributed by atoms with Gasteiger partial charge in [0, 0.05) is 25.2 Å². The predicted octanol–water partition coefficient (Wildman–Crippen LogP) is 2.25. The Kier molecular flexibility index (Phi) is 6.93. The lowest BCUT2D eigenvalue weighted by molar-refractivity contribution is -0.388. The summed E-state index contributed by atoms with van der Waals surface area (Å²) in [7, 11) is -3.28. The monoisotopic (exact) mass is 441 g/mol. The molecule has 1 amide bonds. The summed E-state index contributed by atoms with van der Waals surface area (Å²) < 4.78 is 62.3. The van der Waals surface area contributed by atoms with Crippen LogP contribution in [0.15, 0.2) is 23.1 Å². The van der Waals surface area contributed by atoms with Crippen LogP contribution in [0.4, 0.5) is 18.9 Å². The van der Waals surface area contributed by atoms with Crippen LogP contribution in [0.25, 0.3) is 0 Å². The van der Waals surface area contributed by atoms with Crippen LogP contribution in [0.3, 0.4) is 0 Å². The number of alkyl halides is 3. The number of nitrogens with one attached hydrogen (secondary N) is 1. The topological polar surface area (TPSA) is 110 Å². The highest BCUT2D eigenvalue weighted by molar-refractivity contribution is 8.00. The van der Waals surface area contributed by atoms with Crippen LogP contribution in [0.1, 0.15) is 18.4 Å². The molecule has 0 radical (unpaired) electrons. The summed E-state index contributed by atoms with van der Waals surface area (Å²) in [4.78, 5) is 22.1. The number of amides is 1. The second-order valence-electron chi connectivity index (χ2n) is 6.23. The number of nitro benzene ring substituents is 1. The normalized spacial score (nSPS) is 16.7. The second-order valence-corrected chi connectivity index (χ2v) is 9.23. The molecule has 0 aliphatic carbocycles. The Balaban J connectivity index is 1.93. The molecule has 1 aromatic rings. The Morgan fingerprint density at radius 2 is 1.96 bits per heavy atom. The third-order valence-electron chi connectivity index (χ3n) is 4.13. The van der Waals surface area contributed by atoms with Crippen molar-refractivity contribution in [3.63, 3.8) is 0 Å². The van der Waals surface area contributed by atoms with Gasteiger partial charge in [-0.25, -0.2) is 12.7 Å². The average Bonchev–Trinajstić information content (AvgIpc) is 2.58. The van der Waals surface area contributed by atoms with Crippen LogP contribution < -0.4 is 5.32 Å². The van der Waals surface area contributed by atoms with Crippen molar-refractivity contribution in [1.82, 2.24) is 9.62 Å². The molecule has 156 valence electrons. The predicted molar refractivity (Wildman–Crippen MR) is 96.4 cm³/mol. The molecule has 0 atom stereocenters. The molecule has 1 fully saturated rings. The van der Waals surface area contributed by atoms with Gasteiger partial charge < -0.3 is 5.32 Å². The molecule has 2 rings (SSSR count). The van der Waals surface area contributed by atoms with Crippen LogP contribution in [0, 0.1) is 10.1 Å². The number of halogens is 3. The summed E-state index contributed by atoms with van der Waals surface area (Å²) in [5, 5.41) is 13.8. The van der Waals surface area contributed by atoms with Crippen molar-refractivity contribution < 1.29 is 31.3 Å². The number of sulfonamides is 1. The number of carbonyl (C=O) groups excluding carboxylic acids is 1. The molecule has 28 heavy (non-hydrogen) atoms. The van der Waals surface area contributed by atoms with E-state index in [0.717, 1.165) is 30.2 Å². The Hall–Kier alpha value is -1.86. The van der Waals surface area contributed by atoms with Crippen molar-refractivity contribution in [2.45, 2.75) is 30.0 Å². The lowest BCUT2D eigenvalue weighted by Gasteiger charge is -2.30. The number of nitro groups is 1. The van der Waals surface area contributed by atoms with Gasteiger partial charge in [0.25, 0.3) is 5.69 Å². The average molecular weight is 441 g/mol. The number of piperidine rings is 1. The summed E-state index contributed by atoms with van der Waals surface area (Å²) in [6.07, 6.45) is -2.72. The highest BCUT2D eigenvalue weighted by atomic mass is 32.2. The SMILES string of the molecule is CS(=O)(=O)N1CCC(NC(=O)CSc2ccc(C(F)(F)F)cc2[N+](=O)[O-])CC1. The van der Waals surface area contributed by atoms with Gasteiger partial charge in [0.15, 0.2) is 0 Å². The summed E-state index contributed by atoms with van der Waals surface area (Å²) in [5.41, 5.74) is -1.85. The Morgan fingerprint density at radius 1 is 1.36 bits per heavy atom. The number of hydrogen-bond acceptors (Lipinski definition) is 6. The van der Waals surface area contributed by atoms with Crippen molar-refractivity contribution in [3.8, 4) is 0 Å². The van der Waals surface area contributed by atoms with E-state index in [9.17, 15) is 36.5 Å². The van der Waals surface area contributed by atoms with Gasteiger partial charge in [-0.1, -0.05) is 0 Å². The maximum Gasteiger partial charge on any atom is 0.416 e. The van der Waals surface area contributed by atoms with E-state index in [1.165, 1.54) is 4.31 Å². The molecule has 1 saturated heterocycles. The van der Waals surface area contributed by atoms with E-state index in [0.29, 0.717) is 18.9 Å². The highest BCUT2D eigenvalue weighted by Gasteiger charge is 2.33. The van der Waals surface area contributed by atoms with Gasteiger partial charge in [-0.2, -0.15) is 13.2 Å². The maximum atomic E-state index is 12.7. The third-order valence-corrected chi connectivity index (χ3v) is 6.50. The number of thioether (sulfide) groups is 1. The maximum absolute atomic E-state index is 12.7. The van der Waals surface area contributed by atoms with E-state index in [1.54, 1.807) is 0 Å². The Labute approximate surface area is 163 Å². The minimum absolute atomic E-state index is 0.0416. The van der Waals surface area contributed by atoms with Crippen LogP contribution in [-0.4, -0.2) is 54.7 Å². The molecule has 1 aromatic carbocycles. The van der Waals surface area contributed by atoms with E-state index in [2.05, 4.69) is 5.32 Å². The first kappa shape index (κ1) is 22.4. The number of nitrogens with zero attached hydrogens (tertiary/aromatic N) is 2. The molecule has 13 heteroatoms. The van der Waals surface area contributed by atoms with E-state index < -0.39 is 38.3 Å².